The Bertz CT molecular complexity index is 388. The summed E-state index contributed by atoms with van der Waals surface area (Å²) in [6.07, 6.45) is 5.30. The summed E-state index contributed by atoms with van der Waals surface area (Å²) in [6, 6.07) is 4.19. The number of aliphatic hydroxyl groups excluding tert-OH is 1. The van der Waals surface area contributed by atoms with Gasteiger partial charge in [0.2, 0.25) is 0 Å². The lowest BCUT2D eigenvalue weighted by atomic mass is 9.88. The van der Waals surface area contributed by atoms with Crippen LogP contribution in [0.1, 0.15) is 45.6 Å². The van der Waals surface area contributed by atoms with Crippen molar-refractivity contribution in [3.63, 3.8) is 0 Å². The first-order chi connectivity index (χ1) is 8.45. The maximum Gasteiger partial charge on any atom is 0.125 e. The van der Waals surface area contributed by atoms with Gasteiger partial charge in [0.05, 0.1) is 0 Å². The molecule has 0 radical (unpaired) electrons. The second-order valence-electron chi connectivity index (χ2n) is 6.51. The number of aliphatic hydroxyl groups is 1. The molecule has 1 aliphatic rings. The van der Waals surface area contributed by atoms with Gasteiger partial charge in [-0.25, -0.2) is 4.98 Å². The molecule has 0 unspecified atom stereocenters. The Morgan fingerprint density at radius 2 is 2.06 bits per heavy atom. The molecule has 3 heteroatoms. The third-order valence-corrected chi connectivity index (χ3v) is 3.87. The van der Waals surface area contributed by atoms with Gasteiger partial charge in [-0.3, -0.25) is 0 Å². The van der Waals surface area contributed by atoms with Crippen LogP contribution in [0, 0.1) is 5.41 Å². The number of rotatable bonds is 5. The molecule has 2 N–H and O–H groups in total. The molecule has 1 saturated carbocycles. The van der Waals surface area contributed by atoms with E-state index in [0.717, 1.165) is 18.8 Å². The van der Waals surface area contributed by atoms with Gasteiger partial charge in [-0.1, -0.05) is 26.8 Å². The largest absolute Gasteiger partial charge is 0.396 e. The van der Waals surface area contributed by atoms with Gasteiger partial charge in [0, 0.05) is 19.3 Å². The SMILES string of the molecule is CC(C)(C)c1ccc(NCC2(CCO)CC2)nc1. The lowest BCUT2D eigenvalue weighted by Gasteiger charge is -2.19. The molecule has 0 aliphatic heterocycles. The van der Waals surface area contributed by atoms with Gasteiger partial charge in [0.15, 0.2) is 0 Å². The number of pyridine rings is 1. The van der Waals surface area contributed by atoms with Crippen LogP contribution in [0.2, 0.25) is 0 Å². The van der Waals surface area contributed by atoms with E-state index in [1.807, 2.05) is 6.20 Å². The second-order valence-corrected chi connectivity index (χ2v) is 6.51. The molecular formula is C15H24N2O. The van der Waals surface area contributed by atoms with Crippen molar-refractivity contribution in [3.05, 3.63) is 23.9 Å². The summed E-state index contributed by atoms with van der Waals surface area (Å²) in [5.74, 6) is 0.937. The average Bonchev–Trinajstić information content (AvgIpc) is 3.07. The first-order valence-electron chi connectivity index (χ1n) is 6.77. The smallest absolute Gasteiger partial charge is 0.125 e. The van der Waals surface area contributed by atoms with Crippen molar-refractivity contribution in [2.75, 3.05) is 18.5 Å². The van der Waals surface area contributed by atoms with E-state index in [-0.39, 0.29) is 12.0 Å². The van der Waals surface area contributed by atoms with Crippen LogP contribution in [0.5, 0.6) is 0 Å². The minimum Gasteiger partial charge on any atom is -0.396 e. The van der Waals surface area contributed by atoms with Crippen LogP contribution in [-0.4, -0.2) is 23.2 Å². The fraction of sp³-hybridized carbons (Fsp3) is 0.667. The molecular weight excluding hydrogens is 224 g/mol. The van der Waals surface area contributed by atoms with E-state index in [1.54, 1.807) is 0 Å². The Balaban J connectivity index is 1.91. The molecule has 2 rings (SSSR count). The maximum absolute atomic E-state index is 9.02. The fourth-order valence-electron chi connectivity index (χ4n) is 2.15. The van der Waals surface area contributed by atoms with E-state index in [2.05, 4.69) is 43.2 Å². The number of nitrogens with one attached hydrogen (secondary N) is 1. The number of aromatic nitrogens is 1. The minimum absolute atomic E-state index is 0.153. The molecule has 0 amide bonds. The number of anilines is 1. The van der Waals surface area contributed by atoms with Crippen molar-refractivity contribution < 1.29 is 5.11 Å². The zero-order valence-electron chi connectivity index (χ0n) is 11.7. The highest BCUT2D eigenvalue weighted by Gasteiger charge is 2.41. The summed E-state index contributed by atoms with van der Waals surface area (Å²) >= 11 is 0. The molecule has 0 bridgehead atoms. The van der Waals surface area contributed by atoms with Crippen molar-refractivity contribution in [3.8, 4) is 0 Å². The highest BCUT2D eigenvalue weighted by molar-refractivity contribution is 5.37. The van der Waals surface area contributed by atoms with Gasteiger partial charge < -0.3 is 10.4 Å². The third kappa shape index (κ3) is 3.22. The zero-order chi connectivity index (χ0) is 13.2. The van der Waals surface area contributed by atoms with Crippen LogP contribution >= 0.6 is 0 Å². The maximum atomic E-state index is 9.02. The number of hydrogen-bond acceptors (Lipinski definition) is 3. The third-order valence-electron chi connectivity index (χ3n) is 3.87. The van der Waals surface area contributed by atoms with E-state index in [1.165, 1.54) is 18.4 Å². The molecule has 0 aromatic carbocycles. The van der Waals surface area contributed by atoms with E-state index in [4.69, 9.17) is 5.11 Å². The van der Waals surface area contributed by atoms with Gasteiger partial charge in [-0.2, -0.15) is 0 Å². The second kappa shape index (κ2) is 4.88. The van der Waals surface area contributed by atoms with Crippen molar-refractivity contribution in [2.24, 2.45) is 5.41 Å². The lowest BCUT2D eigenvalue weighted by Crippen LogP contribution is -2.18. The average molecular weight is 248 g/mol. The Morgan fingerprint density at radius 3 is 2.50 bits per heavy atom. The fourth-order valence-corrected chi connectivity index (χ4v) is 2.15. The van der Waals surface area contributed by atoms with Gasteiger partial charge in [-0.05, 0) is 41.7 Å². The van der Waals surface area contributed by atoms with E-state index >= 15 is 0 Å². The molecule has 1 heterocycles. The van der Waals surface area contributed by atoms with Gasteiger partial charge in [-0.15, -0.1) is 0 Å². The van der Waals surface area contributed by atoms with E-state index < -0.39 is 0 Å². The minimum atomic E-state index is 0.153. The standard InChI is InChI=1S/C15H24N2O/c1-14(2,3)12-4-5-13(16-10-12)17-11-15(6-7-15)8-9-18/h4-5,10,18H,6-9,11H2,1-3H3,(H,16,17). The summed E-state index contributed by atoms with van der Waals surface area (Å²) < 4.78 is 0. The number of nitrogens with zero attached hydrogens (tertiary/aromatic N) is 1. The molecule has 0 spiro atoms. The van der Waals surface area contributed by atoms with Crippen LogP contribution in [0.15, 0.2) is 18.3 Å². The van der Waals surface area contributed by atoms with Crippen LogP contribution in [0.25, 0.3) is 0 Å². The predicted molar refractivity (Wildman–Crippen MR) is 74.8 cm³/mol. The van der Waals surface area contributed by atoms with Gasteiger partial charge >= 0.3 is 0 Å². The molecule has 1 aromatic heterocycles. The van der Waals surface area contributed by atoms with Crippen LogP contribution in [-0.2, 0) is 5.41 Å². The van der Waals surface area contributed by atoms with E-state index in [9.17, 15) is 0 Å². The van der Waals surface area contributed by atoms with Crippen molar-refractivity contribution in [1.82, 2.24) is 4.98 Å². The molecule has 18 heavy (non-hydrogen) atoms. The topological polar surface area (TPSA) is 45.1 Å². The van der Waals surface area contributed by atoms with Crippen molar-refractivity contribution >= 4 is 5.82 Å². The first kappa shape index (κ1) is 13.3. The monoisotopic (exact) mass is 248 g/mol. The summed E-state index contributed by atoms with van der Waals surface area (Å²) in [5.41, 5.74) is 1.74. The van der Waals surface area contributed by atoms with E-state index in [0.29, 0.717) is 5.41 Å². The molecule has 100 valence electrons. The van der Waals surface area contributed by atoms with Crippen molar-refractivity contribution in [2.45, 2.75) is 45.4 Å². The Hall–Kier alpha value is -1.09. The van der Waals surface area contributed by atoms with Crippen LogP contribution in [0.3, 0.4) is 0 Å². The van der Waals surface area contributed by atoms with Gasteiger partial charge in [0.25, 0.3) is 0 Å². The first-order valence-corrected chi connectivity index (χ1v) is 6.77. The Morgan fingerprint density at radius 1 is 1.33 bits per heavy atom. The quantitative estimate of drug-likeness (QED) is 0.842. The summed E-state index contributed by atoms with van der Waals surface area (Å²) in [4.78, 5) is 4.46. The van der Waals surface area contributed by atoms with Gasteiger partial charge in [0.1, 0.15) is 5.82 Å². The molecule has 1 aliphatic carbocycles. The predicted octanol–water partition coefficient (Wildman–Crippen LogP) is 2.95. The zero-order valence-corrected chi connectivity index (χ0v) is 11.7. The normalized spacial score (nSPS) is 17.6. The highest BCUT2D eigenvalue weighted by atomic mass is 16.3. The van der Waals surface area contributed by atoms with Crippen molar-refractivity contribution in [1.29, 1.82) is 0 Å². The summed E-state index contributed by atoms with van der Waals surface area (Å²) in [7, 11) is 0. The van der Waals surface area contributed by atoms with Crippen LogP contribution < -0.4 is 5.32 Å². The molecule has 1 fully saturated rings. The molecule has 1 aromatic rings. The summed E-state index contributed by atoms with van der Waals surface area (Å²) in [6.45, 7) is 7.79. The Kier molecular flexibility index (Phi) is 3.62. The molecule has 3 nitrogen and oxygen atoms in total. The molecule has 0 saturated heterocycles. The number of hydrogen-bond donors (Lipinski definition) is 2. The van der Waals surface area contributed by atoms with Crippen LogP contribution in [0.4, 0.5) is 5.82 Å². The molecule has 0 atom stereocenters. The lowest BCUT2D eigenvalue weighted by molar-refractivity contribution is 0.253. The Labute approximate surface area is 110 Å². The highest BCUT2D eigenvalue weighted by Crippen LogP contribution is 2.48. The summed E-state index contributed by atoms with van der Waals surface area (Å²) in [5, 5.41) is 12.4.